The Morgan fingerprint density at radius 2 is 1.88 bits per heavy atom. The molecule has 2 N–H and O–H groups in total. The number of nitrogens with two attached hydrogens (primary N) is 1. The maximum atomic E-state index is 11.4. The lowest BCUT2D eigenvalue weighted by Gasteiger charge is -2.26. The number of carbonyl (C=O) groups is 1. The highest BCUT2D eigenvalue weighted by Crippen LogP contribution is 2.20. The summed E-state index contributed by atoms with van der Waals surface area (Å²) in [7, 11) is 0. The fourth-order valence-electron chi connectivity index (χ4n) is 3.36. The lowest BCUT2D eigenvalue weighted by atomic mass is 10.0. The number of amides is 1. The Morgan fingerprint density at radius 1 is 1.08 bits per heavy atom. The SMILES string of the molecule is NC(=O)CN1CCN(c2ccccc2)CC(Cc2ccccn2)C1. The second-order valence-corrected chi connectivity index (χ2v) is 6.37. The monoisotopic (exact) mass is 324 g/mol. The molecule has 1 atom stereocenters. The molecule has 5 nitrogen and oxygen atoms in total. The summed E-state index contributed by atoms with van der Waals surface area (Å²) in [5.41, 5.74) is 7.73. The van der Waals surface area contributed by atoms with Crippen LogP contribution >= 0.6 is 0 Å². The molecule has 1 aliphatic rings. The average molecular weight is 324 g/mol. The van der Waals surface area contributed by atoms with Crippen molar-refractivity contribution in [3.8, 4) is 0 Å². The van der Waals surface area contributed by atoms with Crippen LogP contribution in [0.4, 0.5) is 5.69 Å². The van der Waals surface area contributed by atoms with Crippen LogP contribution < -0.4 is 10.6 Å². The standard InChI is InChI=1S/C19H24N4O/c20-19(24)15-22-10-11-23(18-7-2-1-3-8-18)14-16(13-22)12-17-6-4-5-9-21-17/h1-9,16H,10-15H2,(H2,20,24). The van der Waals surface area contributed by atoms with Crippen LogP contribution in [0.5, 0.6) is 0 Å². The Labute approximate surface area is 143 Å². The summed E-state index contributed by atoms with van der Waals surface area (Å²) >= 11 is 0. The fourth-order valence-corrected chi connectivity index (χ4v) is 3.36. The third-order valence-electron chi connectivity index (χ3n) is 4.41. The summed E-state index contributed by atoms with van der Waals surface area (Å²) in [5.74, 6) is 0.140. The van der Waals surface area contributed by atoms with Crippen molar-refractivity contribution in [2.75, 3.05) is 37.6 Å². The summed E-state index contributed by atoms with van der Waals surface area (Å²) in [6.07, 6.45) is 2.74. The highest BCUT2D eigenvalue weighted by molar-refractivity contribution is 5.75. The Kier molecular flexibility index (Phi) is 5.43. The van der Waals surface area contributed by atoms with Crippen LogP contribution in [-0.4, -0.2) is 48.5 Å². The van der Waals surface area contributed by atoms with Gasteiger partial charge >= 0.3 is 0 Å². The van der Waals surface area contributed by atoms with Gasteiger partial charge < -0.3 is 10.6 Å². The van der Waals surface area contributed by atoms with E-state index in [1.807, 2.05) is 24.4 Å². The molecule has 3 rings (SSSR count). The molecular weight excluding hydrogens is 300 g/mol. The van der Waals surface area contributed by atoms with Crippen molar-refractivity contribution < 1.29 is 4.79 Å². The summed E-state index contributed by atoms with van der Waals surface area (Å²) in [6, 6.07) is 16.5. The lowest BCUT2D eigenvalue weighted by Crippen LogP contribution is -2.38. The Bertz CT molecular complexity index is 647. The molecule has 1 fully saturated rings. The maximum Gasteiger partial charge on any atom is 0.231 e. The van der Waals surface area contributed by atoms with Crippen molar-refractivity contribution in [2.24, 2.45) is 11.7 Å². The van der Waals surface area contributed by atoms with E-state index in [0.717, 1.165) is 38.3 Å². The number of rotatable bonds is 5. The minimum atomic E-state index is -0.264. The molecule has 0 bridgehead atoms. The van der Waals surface area contributed by atoms with E-state index < -0.39 is 0 Å². The Morgan fingerprint density at radius 3 is 2.58 bits per heavy atom. The van der Waals surface area contributed by atoms with Crippen LogP contribution in [0.2, 0.25) is 0 Å². The fraction of sp³-hybridized carbons (Fsp3) is 0.368. The van der Waals surface area contributed by atoms with Crippen molar-refractivity contribution in [3.63, 3.8) is 0 Å². The predicted octanol–water partition coefficient (Wildman–Crippen LogP) is 1.55. The van der Waals surface area contributed by atoms with Crippen molar-refractivity contribution in [1.29, 1.82) is 0 Å². The predicted molar refractivity (Wildman–Crippen MR) is 95.7 cm³/mol. The zero-order valence-corrected chi connectivity index (χ0v) is 13.8. The van der Waals surface area contributed by atoms with Crippen LogP contribution in [0.3, 0.4) is 0 Å². The lowest BCUT2D eigenvalue weighted by molar-refractivity contribution is -0.119. The van der Waals surface area contributed by atoms with Gasteiger partial charge in [0.15, 0.2) is 0 Å². The molecule has 1 aliphatic heterocycles. The number of carbonyl (C=O) groups excluding carboxylic acids is 1. The van der Waals surface area contributed by atoms with Crippen molar-refractivity contribution >= 4 is 11.6 Å². The van der Waals surface area contributed by atoms with E-state index in [4.69, 9.17) is 5.73 Å². The molecule has 1 aromatic carbocycles. The number of hydrogen-bond acceptors (Lipinski definition) is 4. The van der Waals surface area contributed by atoms with Gasteiger partial charge in [-0.05, 0) is 36.6 Å². The van der Waals surface area contributed by atoms with E-state index in [2.05, 4.69) is 45.1 Å². The quantitative estimate of drug-likeness (QED) is 0.906. The molecule has 0 aliphatic carbocycles. The van der Waals surface area contributed by atoms with E-state index in [1.165, 1.54) is 5.69 Å². The smallest absolute Gasteiger partial charge is 0.231 e. The van der Waals surface area contributed by atoms with Crippen LogP contribution in [-0.2, 0) is 11.2 Å². The summed E-state index contributed by atoms with van der Waals surface area (Å²) < 4.78 is 0. The van der Waals surface area contributed by atoms with Crippen molar-refractivity contribution in [2.45, 2.75) is 6.42 Å². The van der Waals surface area contributed by atoms with Crippen LogP contribution in [0.15, 0.2) is 54.7 Å². The maximum absolute atomic E-state index is 11.4. The molecule has 1 unspecified atom stereocenters. The molecule has 24 heavy (non-hydrogen) atoms. The number of anilines is 1. The second kappa shape index (κ2) is 7.93. The number of primary amides is 1. The van der Waals surface area contributed by atoms with Gasteiger partial charge in [0.05, 0.1) is 6.54 Å². The Balaban J connectivity index is 1.76. The first-order chi connectivity index (χ1) is 11.7. The molecule has 2 aromatic rings. The van der Waals surface area contributed by atoms with Gasteiger partial charge in [0.1, 0.15) is 0 Å². The average Bonchev–Trinajstić information content (AvgIpc) is 2.78. The zero-order chi connectivity index (χ0) is 16.8. The summed E-state index contributed by atoms with van der Waals surface area (Å²) in [4.78, 5) is 20.4. The Hall–Kier alpha value is -2.40. The largest absolute Gasteiger partial charge is 0.370 e. The molecule has 126 valence electrons. The van der Waals surface area contributed by atoms with E-state index in [0.29, 0.717) is 12.5 Å². The third kappa shape index (κ3) is 4.55. The normalized spacial score (nSPS) is 19.0. The molecular formula is C19H24N4O. The molecule has 5 heteroatoms. The topological polar surface area (TPSA) is 62.5 Å². The van der Waals surface area contributed by atoms with Crippen molar-refractivity contribution in [1.82, 2.24) is 9.88 Å². The molecule has 1 aromatic heterocycles. The van der Waals surface area contributed by atoms with Gasteiger partial charge in [0.2, 0.25) is 5.91 Å². The first kappa shape index (κ1) is 16.5. The number of aromatic nitrogens is 1. The van der Waals surface area contributed by atoms with E-state index in [-0.39, 0.29) is 5.91 Å². The molecule has 1 saturated heterocycles. The van der Waals surface area contributed by atoms with Crippen molar-refractivity contribution in [3.05, 3.63) is 60.4 Å². The summed E-state index contributed by atoms with van der Waals surface area (Å²) in [5, 5.41) is 0. The second-order valence-electron chi connectivity index (χ2n) is 6.37. The van der Waals surface area contributed by atoms with Gasteiger partial charge in [-0.2, -0.15) is 0 Å². The minimum absolute atomic E-state index is 0.264. The van der Waals surface area contributed by atoms with Crippen LogP contribution in [0.25, 0.3) is 0 Å². The first-order valence-electron chi connectivity index (χ1n) is 8.41. The minimum Gasteiger partial charge on any atom is -0.370 e. The van der Waals surface area contributed by atoms with Crippen LogP contribution in [0.1, 0.15) is 5.69 Å². The number of para-hydroxylation sites is 1. The molecule has 0 spiro atoms. The number of benzene rings is 1. The van der Waals surface area contributed by atoms with Gasteiger partial charge in [0.25, 0.3) is 0 Å². The first-order valence-corrected chi connectivity index (χ1v) is 8.41. The van der Waals surface area contributed by atoms with Gasteiger partial charge in [-0.3, -0.25) is 14.7 Å². The van der Waals surface area contributed by atoms with Crippen LogP contribution in [0, 0.1) is 5.92 Å². The summed E-state index contributed by atoms with van der Waals surface area (Å²) in [6.45, 7) is 3.88. The van der Waals surface area contributed by atoms with Gasteiger partial charge in [-0.25, -0.2) is 0 Å². The molecule has 0 saturated carbocycles. The molecule has 1 amide bonds. The number of nitrogens with zero attached hydrogens (tertiary/aromatic N) is 3. The molecule has 2 heterocycles. The zero-order valence-electron chi connectivity index (χ0n) is 13.8. The number of hydrogen-bond donors (Lipinski definition) is 1. The van der Waals surface area contributed by atoms with Gasteiger partial charge in [-0.1, -0.05) is 24.3 Å². The molecule has 0 radical (unpaired) electrons. The third-order valence-corrected chi connectivity index (χ3v) is 4.41. The van der Waals surface area contributed by atoms with Gasteiger partial charge in [-0.15, -0.1) is 0 Å². The highest BCUT2D eigenvalue weighted by Gasteiger charge is 2.24. The van der Waals surface area contributed by atoms with E-state index in [1.54, 1.807) is 0 Å². The van der Waals surface area contributed by atoms with E-state index >= 15 is 0 Å². The van der Waals surface area contributed by atoms with Gasteiger partial charge in [0, 0.05) is 43.8 Å². The van der Waals surface area contributed by atoms with E-state index in [9.17, 15) is 4.79 Å². The number of pyridine rings is 1. The highest BCUT2D eigenvalue weighted by atomic mass is 16.1.